The number of aromatic nitrogens is 1. The van der Waals surface area contributed by atoms with Crippen LogP contribution in [0.3, 0.4) is 0 Å². The Kier molecular flexibility index (Phi) is 6.31. The Bertz CT molecular complexity index is 440. The summed E-state index contributed by atoms with van der Waals surface area (Å²) in [7, 11) is 0. The first kappa shape index (κ1) is 16.6. The van der Waals surface area contributed by atoms with Crippen molar-refractivity contribution in [2.45, 2.75) is 46.6 Å². The maximum Gasteiger partial charge on any atom is 0.128 e. The predicted molar refractivity (Wildman–Crippen MR) is 91.0 cm³/mol. The molecule has 4 heteroatoms. The van der Waals surface area contributed by atoms with Crippen LogP contribution in [0.1, 0.15) is 45.7 Å². The van der Waals surface area contributed by atoms with Gasteiger partial charge in [-0.05, 0) is 43.4 Å². The molecule has 1 aliphatic heterocycles. The third-order valence-corrected chi connectivity index (χ3v) is 4.61. The van der Waals surface area contributed by atoms with Crippen molar-refractivity contribution in [3.05, 3.63) is 22.8 Å². The Balaban J connectivity index is 1.98. The maximum atomic E-state index is 6.28. The Labute approximate surface area is 134 Å². The molecule has 2 heterocycles. The minimum atomic E-state index is 0.639. The second kappa shape index (κ2) is 8.00. The van der Waals surface area contributed by atoms with Gasteiger partial charge in [-0.25, -0.2) is 4.98 Å². The third kappa shape index (κ3) is 4.86. The fourth-order valence-electron chi connectivity index (χ4n) is 2.82. The van der Waals surface area contributed by atoms with E-state index in [0.29, 0.717) is 5.92 Å². The molecule has 3 nitrogen and oxygen atoms in total. The summed E-state index contributed by atoms with van der Waals surface area (Å²) in [5.74, 6) is 2.61. The fourth-order valence-corrected chi connectivity index (χ4v) is 2.99. The van der Waals surface area contributed by atoms with E-state index in [4.69, 9.17) is 16.6 Å². The number of nitrogens with zero attached hydrogens (tertiary/aromatic N) is 2. The van der Waals surface area contributed by atoms with Gasteiger partial charge in [0.2, 0.25) is 0 Å². The first-order valence-electron chi connectivity index (χ1n) is 8.21. The van der Waals surface area contributed by atoms with Crippen LogP contribution in [0.4, 0.5) is 5.82 Å². The molecule has 0 atom stereocenters. The van der Waals surface area contributed by atoms with Crippen molar-refractivity contribution < 1.29 is 0 Å². The van der Waals surface area contributed by atoms with Crippen LogP contribution in [0.5, 0.6) is 0 Å². The number of piperidine rings is 1. The fraction of sp³-hybridized carbons (Fsp3) is 0.706. The summed E-state index contributed by atoms with van der Waals surface area (Å²) in [5, 5.41) is 4.19. The van der Waals surface area contributed by atoms with E-state index in [0.717, 1.165) is 48.6 Å². The van der Waals surface area contributed by atoms with Gasteiger partial charge in [0.15, 0.2) is 0 Å². The van der Waals surface area contributed by atoms with E-state index in [2.05, 4.69) is 37.1 Å². The Hall–Kier alpha value is -0.800. The highest BCUT2D eigenvalue weighted by molar-refractivity contribution is 6.31. The van der Waals surface area contributed by atoms with Crippen LogP contribution in [0.2, 0.25) is 5.02 Å². The first-order valence-corrected chi connectivity index (χ1v) is 8.59. The number of halogens is 1. The number of pyridine rings is 1. The molecule has 118 valence electrons. The first-order chi connectivity index (χ1) is 10.1. The lowest BCUT2D eigenvalue weighted by Crippen LogP contribution is -2.34. The van der Waals surface area contributed by atoms with Gasteiger partial charge in [0.05, 0.1) is 10.7 Å². The highest BCUT2D eigenvalue weighted by Gasteiger charge is 2.19. The van der Waals surface area contributed by atoms with Crippen molar-refractivity contribution in [2.24, 2.45) is 11.8 Å². The lowest BCUT2D eigenvalue weighted by molar-refractivity contribution is 0.393. The Morgan fingerprint density at radius 1 is 1.33 bits per heavy atom. The zero-order chi connectivity index (χ0) is 15.2. The van der Waals surface area contributed by atoms with Gasteiger partial charge in [-0.15, -0.1) is 0 Å². The van der Waals surface area contributed by atoms with Crippen LogP contribution in [0.25, 0.3) is 0 Å². The van der Waals surface area contributed by atoms with E-state index in [9.17, 15) is 0 Å². The van der Waals surface area contributed by atoms with Crippen molar-refractivity contribution in [3.63, 3.8) is 0 Å². The molecule has 1 aliphatic rings. The topological polar surface area (TPSA) is 28.2 Å². The van der Waals surface area contributed by atoms with E-state index in [1.165, 1.54) is 19.3 Å². The monoisotopic (exact) mass is 309 g/mol. The van der Waals surface area contributed by atoms with E-state index in [1.54, 1.807) is 0 Å². The van der Waals surface area contributed by atoms with Gasteiger partial charge < -0.3 is 10.2 Å². The smallest absolute Gasteiger partial charge is 0.128 e. The van der Waals surface area contributed by atoms with E-state index < -0.39 is 0 Å². The van der Waals surface area contributed by atoms with Gasteiger partial charge in [-0.1, -0.05) is 38.8 Å². The van der Waals surface area contributed by atoms with Gasteiger partial charge >= 0.3 is 0 Å². The summed E-state index contributed by atoms with van der Waals surface area (Å²) in [6, 6.07) is 4.04. The molecule has 2 rings (SSSR count). The number of anilines is 1. The largest absolute Gasteiger partial charge is 0.357 e. The van der Waals surface area contributed by atoms with Crippen LogP contribution in [-0.4, -0.2) is 24.6 Å². The lowest BCUT2D eigenvalue weighted by atomic mass is 9.94. The highest BCUT2D eigenvalue weighted by Crippen LogP contribution is 2.25. The quantitative estimate of drug-likeness (QED) is 0.857. The molecule has 0 amide bonds. The number of hydrogen-bond donors (Lipinski definition) is 1. The molecule has 1 aromatic rings. The SMILES string of the molecule is CCC1CCN(c2ccc(Cl)c(CNCC(C)C)n2)CC1. The van der Waals surface area contributed by atoms with Crippen molar-refractivity contribution >= 4 is 17.4 Å². The van der Waals surface area contributed by atoms with Gasteiger partial charge in [0.1, 0.15) is 5.82 Å². The van der Waals surface area contributed by atoms with E-state index in [-0.39, 0.29) is 0 Å². The van der Waals surface area contributed by atoms with E-state index in [1.807, 2.05) is 6.07 Å². The summed E-state index contributed by atoms with van der Waals surface area (Å²) < 4.78 is 0. The molecular weight excluding hydrogens is 282 g/mol. The minimum Gasteiger partial charge on any atom is -0.357 e. The molecule has 1 fully saturated rings. The summed E-state index contributed by atoms with van der Waals surface area (Å²) >= 11 is 6.28. The molecule has 0 bridgehead atoms. The van der Waals surface area contributed by atoms with Gasteiger partial charge in [0, 0.05) is 19.6 Å². The number of nitrogens with one attached hydrogen (secondary N) is 1. The van der Waals surface area contributed by atoms with Crippen molar-refractivity contribution in [1.29, 1.82) is 0 Å². The zero-order valence-corrected chi connectivity index (χ0v) is 14.3. The molecule has 0 aromatic carbocycles. The maximum absolute atomic E-state index is 6.28. The summed E-state index contributed by atoms with van der Waals surface area (Å²) in [6.07, 6.45) is 3.86. The second-order valence-corrected chi connectivity index (χ2v) is 6.87. The zero-order valence-electron chi connectivity index (χ0n) is 13.5. The van der Waals surface area contributed by atoms with Crippen LogP contribution in [0.15, 0.2) is 12.1 Å². The van der Waals surface area contributed by atoms with E-state index >= 15 is 0 Å². The molecular formula is C17H28ClN3. The van der Waals surface area contributed by atoms with Gasteiger partial charge in [0.25, 0.3) is 0 Å². The molecule has 0 radical (unpaired) electrons. The molecule has 21 heavy (non-hydrogen) atoms. The highest BCUT2D eigenvalue weighted by atomic mass is 35.5. The molecule has 0 aliphatic carbocycles. The van der Waals surface area contributed by atoms with Crippen molar-refractivity contribution in [2.75, 3.05) is 24.5 Å². The number of rotatable bonds is 6. The van der Waals surface area contributed by atoms with Crippen LogP contribution >= 0.6 is 11.6 Å². The van der Waals surface area contributed by atoms with Crippen molar-refractivity contribution in [3.8, 4) is 0 Å². The van der Waals surface area contributed by atoms with Crippen LogP contribution in [0, 0.1) is 11.8 Å². The van der Waals surface area contributed by atoms with Crippen LogP contribution in [-0.2, 0) is 6.54 Å². The predicted octanol–water partition coefficient (Wildman–Crippen LogP) is 4.11. The minimum absolute atomic E-state index is 0.639. The normalized spacial score (nSPS) is 16.7. The Morgan fingerprint density at radius 3 is 2.67 bits per heavy atom. The van der Waals surface area contributed by atoms with Crippen molar-refractivity contribution in [1.82, 2.24) is 10.3 Å². The number of hydrogen-bond acceptors (Lipinski definition) is 3. The lowest BCUT2D eigenvalue weighted by Gasteiger charge is -2.32. The summed E-state index contributed by atoms with van der Waals surface area (Å²) in [5.41, 5.74) is 0.965. The molecule has 1 N–H and O–H groups in total. The molecule has 1 saturated heterocycles. The molecule has 0 saturated carbocycles. The molecule has 0 unspecified atom stereocenters. The third-order valence-electron chi connectivity index (χ3n) is 4.26. The van der Waals surface area contributed by atoms with Gasteiger partial charge in [-0.3, -0.25) is 0 Å². The second-order valence-electron chi connectivity index (χ2n) is 6.46. The summed E-state index contributed by atoms with van der Waals surface area (Å²) in [6.45, 7) is 10.7. The summed E-state index contributed by atoms with van der Waals surface area (Å²) in [4.78, 5) is 7.17. The Morgan fingerprint density at radius 2 is 2.05 bits per heavy atom. The molecule has 1 aromatic heterocycles. The standard InChI is InChI=1S/C17H28ClN3/c1-4-14-7-9-21(10-8-14)17-6-5-15(18)16(20-17)12-19-11-13(2)3/h5-6,13-14,19H,4,7-12H2,1-3H3. The average molecular weight is 310 g/mol. The van der Waals surface area contributed by atoms with Crippen LogP contribution < -0.4 is 10.2 Å². The molecule has 0 spiro atoms. The van der Waals surface area contributed by atoms with Gasteiger partial charge in [-0.2, -0.15) is 0 Å². The average Bonchev–Trinajstić information content (AvgIpc) is 2.49.